The lowest BCUT2D eigenvalue weighted by atomic mass is 10.1. The third-order valence-electron chi connectivity index (χ3n) is 4.73. The number of benzene rings is 1. The molecule has 0 aliphatic carbocycles. The fourth-order valence-corrected chi connectivity index (χ4v) is 22.1. The van der Waals surface area contributed by atoms with Gasteiger partial charge in [0.25, 0.3) is 7.59 Å². The molecule has 1 aromatic rings. The Morgan fingerprint density at radius 1 is 0.885 bits per heavy atom. The average Bonchev–Trinajstić information content (AvgIpc) is 2.32. The van der Waals surface area contributed by atoms with Crippen molar-refractivity contribution in [3.05, 3.63) is 30.3 Å². The maximum atomic E-state index is 15.0. The molecular weight excluding hydrogens is 373 g/mol. The maximum Gasteiger partial charge on any atom is 0.293 e. The van der Waals surface area contributed by atoms with Crippen LogP contribution in [0, 0.1) is 0 Å². The van der Waals surface area contributed by atoms with Crippen LogP contribution in [0.1, 0.15) is 41.5 Å². The number of para-hydroxylation sites is 1. The first kappa shape index (κ1) is 21.9. The Hall–Kier alpha value is -0.396. The Balaban J connectivity index is 2.79. The minimum atomic E-state index is -2.91. The second-order valence-electron chi connectivity index (χ2n) is 10.8. The Labute approximate surface area is 163 Å². The number of hydrogen-bond donors (Lipinski definition) is 0. The van der Waals surface area contributed by atoms with E-state index >= 15 is 4.57 Å². The van der Waals surface area contributed by atoms with Crippen LogP contribution in [0.15, 0.2) is 30.3 Å². The quantitative estimate of drug-likeness (QED) is 0.427. The summed E-state index contributed by atoms with van der Waals surface area (Å²) in [4.78, 5) is 0. The molecule has 7 heteroatoms. The summed E-state index contributed by atoms with van der Waals surface area (Å²) in [5.41, 5.74) is 0.808. The van der Waals surface area contributed by atoms with Crippen molar-refractivity contribution in [2.24, 2.45) is 0 Å². The van der Waals surface area contributed by atoms with E-state index in [1.165, 1.54) is 0 Å². The largest absolute Gasteiger partial charge is 0.329 e. The van der Waals surface area contributed by atoms with Crippen LogP contribution >= 0.6 is 7.59 Å². The lowest BCUT2D eigenvalue weighted by Crippen LogP contribution is -2.81. The van der Waals surface area contributed by atoms with Crippen LogP contribution in [0.4, 0.5) is 5.69 Å². The van der Waals surface area contributed by atoms with E-state index in [0.717, 1.165) is 5.69 Å². The molecule has 0 saturated carbocycles. The molecule has 0 aromatic heterocycles. The summed E-state index contributed by atoms with van der Waals surface area (Å²) in [7, 11) is -6.84. The molecule has 1 heterocycles. The lowest BCUT2D eigenvalue weighted by Gasteiger charge is -2.72. The minimum absolute atomic E-state index is 0.139. The molecule has 1 aliphatic heterocycles. The van der Waals surface area contributed by atoms with E-state index in [9.17, 15) is 0 Å². The maximum absolute atomic E-state index is 15.0. The molecule has 4 nitrogen and oxygen atoms in total. The van der Waals surface area contributed by atoms with E-state index in [0.29, 0.717) is 0 Å². The summed E-state index contributed by atoms with van der Waals surface area (Å²) >= 11 is 0. The van der Waals surface area contributed by atoms with Crippen LogP contribution in [0.3, 0.4) is 0 Å². The van der Waals surface area contributed by atoms with Crippen molar-refractivity contribution in [3.63, 3.8) is 0 Å². The second-order valence-corrected chi connectivity index (χ2v) is 22.8. The first-order chi connectivity index (χ1) is 11.5. The predicted molar refractivity (Wildman–Crippen MR) is 121 cm³/mol. The first-order valence-corrected chi connectivity index (χ1v) is 17.4. The van der Waals surface area contributed by atoms with Gasteiger partial charge in [-0.25, -0.2) is 8.67 Å². The molecule has 1 aromatic carbocycles. The third kappa shape index (κ3) is 3.39. The monoisotopic (exact) mass is 411 g/mol. The van der Waals surface area contributed by atoms with E-state index < -0.39 is 24.2 Å². The van der Waals surface area contributed by atoms with E-state index in [2.05, 4.69) is 112 Å². The van der Waals surface area contributed by atoms with Crippen LogP contribution in [0.5, 0.6) is 0 Å². The van der Waals surface area contributed by atoms with Gasteiger partial charge in [0.2, 0.25) is 8.40 Å². The zero-order chi connectivity index (χ0) is 20.3. The lowest BCUT2D eigenvalue weighted by molar-refractivity contribution is 0.211. The Bertz CT molecular complexity index is 674. The Morgan fingerprint density at radius 2 is 1.27 bits per heavy atom. The summed E-state index contributed by atoms with van der Waals surface area (Å²) < 4.78 is 22.2. The molecule has 0 radical (unpaired) electrons. The van der Waals surface area contributed by atoms with E-state index in [4.69, 9.17) is 0 Å². The molecule has 0 amide bonds. The third-order valence-corrected chi connectivity index (χ3v) is 19.7. The molecule has 1 saturated heterocycles. The summed E-state index contributed by atoms with van der Waals surface area (Å²) in [5, 5.41) is 0. The predicted octanol–water partition coefficient (Wildman–Crippen LogP) is 6.35. The summed E-state index contributed by atoms with van der Waals surface area (Å²) in [5.74, 6) is 0. The van der Waals surface area contributed by atoms with Crippen molar-refractivity contribution in [1.29, 1.82) is 0 Å². The Morgan fingerprint density at radius 3 is 1.58 bits per heavy atom. The highest BCUT2D eigenvalue weighted by Crippen LogP contribution is 2.75. The van der Waals surface area contributed by atoms with E-state index in [1.54, 1.807) is 0 Å². The van der Waals surface area contributed by atoms with Gasteiger partial charge in [-0.3, -0.25) is 4.57 Å². The number of rotatable bonds is 3. The van der Waals surface area contributed by atoms with Crippen LogP contribution in [0.2, 0.25) is 32.7 Å². The number of nitrogens with zero attached hydrogens (tertiary/aromatic N) is 3. The molecule has 1 fully saturated rings. The summed E-state index contributed by atoms with van der Waals surface area (Å²) in [6.45, 7) is 24.8. The molecule has 0 bridgehead atoms. The van der Waals surface area contributed by atoms with Gasteiger partial charge in [0.05, 0.1) is 0 Å². The van der Waals surface area contributed by atoms with Crippen molar-refractivity contribution in [3.8, 4) is 0 Å². The van der Waals surface area contributed by atoms with E-state index in [1.807, 2.05) is 6.07 Å². The smallest absolute Gasteiger partial charge is 0.293 e. The number of hydrogen-bond acceptors (Lipinski definition) is 1. The van der Waals surface area contributed by atoms with Gasteiger partial charge in [0, 0.05) is 16.8 Å². The topological polar surface area (TPSA) is 26.8 Å². The molecule has 2 rings (SSSR count). The van der Waals surface area contributed by atoms with Gasteiger partial charge in [-0.15, -0.1) is 0 Å². The normalized spacial score (nSPS) is 21.3. The van der Waals surface area contributed by atoms with Crippen molar-refractivity contribution in [1.82, 2.24) is 8.67 Å². The van der Waals surface area contributed by atoms with Gasteiger partial charge in [-0.2, -0.15) is 0 Å². The van der Waals surface area contributed by atoms with Crippen LogP contribution in [-0.4, -0.2) is 36.4 Å². The van der Waals surface area contributed by atoms with Crippen molar-refractivity contribution < 1.29 is 4.57 Å². The molecule has 0 unspecified atom stereocenters. The first-order valence-electron chi connectivity index (χ1n) is 9.53. The molecule has 0 N–H and O–H groups in total. The van der Waals surface area contributed by atoms with E-state index in [-0.39, 0.29) is 11.1 Å². The van der Waals surface area contributed by atoms with Crippen molar-refractivity contribution in [2.75, 3.05) is 4.34 Å². The Kier molecular flexibility index (Phi) is 5.32. The summed E-state index contributed by atoms with van der Waals surface area (Å²) in [6.07, 6.45) is 0. The molecule has 1 aliphatic rings. The SMILES string of the molecule is CC(C)(C)N1[Si](C)(C)N(C(C)(C)C)P1(=O)N(c1ccccc1)[Si](C)(C)C. The van der Waals surface area contributed by atoms with Gasteiger partial charge in [-0.05, 0) is 66.8 Å². The fraction of sp³-hybridized carbons (Fsp3) is 0.684. The molecule has 0 spiro atoms. The highest BCUT2D eigenvalue weighted by atomic mass is 31.2. The standard InChI is InChI=1S/C19H38N3OPSi2/c1-18(2,3)21-24(23,22(19(4,5)6)26(21,10)11)20(25(7,8)9)17-15-13-12-14-16-17/h12-16H,1-11H3. The van der Waals surface area contributed by atoms with Crippen molar-refractivity contribution in [2.45, 2.75) is 85.4 Å². The van der Waals surface area contributed by atoms with Crippen LogP contribution in [-0.2, 0) is 4.57 Å². The molecule has 148 valence electrons. The molecule has 26 heavy (non-hydrogen) atoms. The zero-order valence-corrected chi connectivity index (χ0v) is 21.5. The van der Waals surface area contributed by atoms with Gasteiger partial charge >= 0.3 is 0 Å². The highest BCUT2D eigenvalue weighted by molar-refractivity contribution is 7.71. The summed E-state index contributed by atoms with van der Waals surface area (Å²) in [6, 6.07) is 10.4. The van der Waals surface area contributed by atoms with Gasteiger partial charge in [0.15, 0.2) is 8.24 Å². The molecular formula is C19H38N3OPSi2. The average molecular weight is 412 g/mol. The van der Waals surface area contributed by atoms with Gasteiger partial charge in [-0.1, -0.05) is 37.8 Å². The minimum Gasteiger partial charge on any atom is -0.329 e. The molecule has 0 atom stereocenters. The second kappa shape index (κ2) is 6.31. The zero-order valence-electron chi connectivity index (χ0n) is 18.6. The van der Waals surface area contributed by atoms with Gasteiger partial charge < -0.3 is 4.34 Å². The highest BCUT2D eigenvalue weighted by Gasteiger charge is 2.72. The fourth-order valence-electron chi connectivity index (χ4n) is 4.88. The van der Waals surface area contributed by atoms with Gasteiger partial charge in [0.1, 0.15) is 0 Å². The van der Waals surface area contributed by atoms with Crippen LogP contribution < -0.4 is 4.34 Å². The number of anilines is 1. The van der Waals surface area contributed by atoms with Crippen molar-refractivity contribution >= 4 is 29.9 Å². The van der Waals surface area contributed by atoms with Crippen LogP contribution in [0.25, 0.3) is 0 Å².